The minimum absolute atomic E-state index is 0. The third kappa shape index (κ3) is 5.95. The minimum atomic E-state index is -0.886. The molecule has 1 rings (SSSR count). The van der Waals surface area contributed by atoms with Crippen molar-refractivity contribution in [1.82, 2.24) is 4.90 Å². The Morgan fingerprint density at radius 1 is 1.25 bits per heavy atom. The van der Waals surface area contributed by atoms with Gasteiger partial charge in [-0.05, 0) is 38.2 Å². The fraction of sp³-hybridized carbons (Fsp3) is 0.600. The topological polar surface area (TPSA) is 43.7 Å². The van der Waals surface area contributed by atoms with Crippen LogP contribution in [0, 0.1) is 5.92 Å². The Hall–Kier alpha value is -0.360. The zero-order valence-electron chi connectivity index (χ0n) is 12.1. The van der Waals surface area contributed by atoms with Crippen LogP contribution in [0.4, 0.5) is 0 Å². The van der Waals surface area contributed by atoms with Gasteiger partial charge in [-0.2, -0.15) is 27.0 Å². The molecule has 1 aromatic carbocycles. The summed E-state index contributed by atoms with van der Waals surface area (Å²) >= 11 is 0. The molecule has 0 amide bonds. The van der Waals surface area contributed by atoms with E-state index in [1.807, 2.05) is 34.0 Å². The minimum Gasteiger partial charge on any atom is -0.508 e. The predicted molar refractivity (Wildman–Crippen MR) is 97.5 cm³/mol. The van der Waals surface area contributed by atoms with E-state index in [2.05, 4.69) is 4.90 Å². The number of aliphatic hydroxyl groups is 1. The monoisotopic (exact) mass is 321 g/mol. The fourth-order valence-corrected chi connectivity index (χ4v) is 2.31. The maximum Gasteiger partial charge on any atom is 0.115 e. The first-order valence-electron chi connectivity index (χ1n) is 6.06. The molecule has 0 aliphatic carbocycles. The van der Waals surface area contributed by atoms with Gasteiger partial charge in [-0.15, -0.1) is 0 Å². The van der Waals surface area contributed by atoms with Crippen molar-refractivity contribution < 1.29 is 10.2 Å². The van der Waals surface area contributed by atoms with Crippen molar-refractivity contribution in [1.29, 1.82) is 0 Å². The number of phenols is 1. The maximum atomic E-state index is 10.8. The summed E-state index contributed by atoms with van der Waals surface area (Å²) in [6, 6.07) is 6.91. The molecule has 0 radical (unpaired) electrons. The summed E-state index contributed by atoms with van der Waals surface area (Å²) in [7, 11) is 3.99. The van der Waals surface area contributed by atoms with Crippen LogP contribution in [0.1, 0.15) is 33.3 Å². The Balaban J connectivity index is -0.000000963. The quantitative estimate of drug-likeness (QED) is 0.876. The summed E-state index contributed by atoms with van der Waals surface area (Å²) in [5, 5.41) is 20.3. The van der Waals surface area contributed by atoms with Crippen LogP contribution in [0.3, 0.4) is 0 Å². The number of nitrogens with zero attached hydrogens (tertiary/aromatic N) is 1. The van der Waals surface area contributed by atoms with Crippen LogP contribution >= 0.6 is 27.0 Å². The number of benzene rings is 1. The molecule has 0 spiro atoms. The number of hydrogen-bond acceptors (Lipinski definition) is 3. The van der Waals surface area contributed by atoms with Crippen LogP contribution in [0.15, 0.2) is 24.3 Å². The lowest BCUT2D eigenvalue weighted by atomic mass is 9.80. The molecule has 2 N–H and O–H groups in total. The van der Waals surface area contributed by atoms with E-state index >= 15 is 0 Å². The standard InChI is InChI=1S/C14H23NO2.CH4.2H2S/c1-5-14(17,11(2)10-15(3)4)12-7-6-8-13(16)9-12;;;/h6-9,11,16-17H,5,10H2,1-4H3;1H4;2*1H2/t11-,14-;;;/m1.../s1. The van der Waals surface area contributed by atoms with Crippen molar-refractivity contribution in [2.75, 3.05) is 20.6 Å². The van der Waals surface area contributed by atoms with Gasteiger partial charge in [0.25, 0.3) is 0 Å². The number of aromatic hydroxyl groups is 1. The van der Waals surface area contributed by atoms with Crippen LogP contribution < -0.4 is 0 Å². The lowest BCUT2D eigenvalue weighted by molar-refractivity contribution is -0.0293. The Labute approximate surface area is 137 Å². The van der Waals surface area contributed by atoms with E-state index in [4.69, 9.17) is 0 Å². The largest absolute Gasteiger partial charge is 0.508 e. The Kier molecular flexibility index (Phi) is 12.8. The van der Waals surface area contributed by atoms with Gasteiger partial charge >= 0.3 is 0 Å². The summed E-state index contributed by atoms with van der Waals surface area (Å²) in [5.41, 5.74) is -0.0995. The average Bonchev–Trinajstić information content (AvgIpc) is 2.27. The van der Waals surface area contributed by atoms with Crippen LogP contribution in [0.25, 0.3) is 0 Å². The predicted octanol–water partition coefficient (Wildman–Crippen LogP) is 3.05. The van der Waals surface area contributed by atoms with Gasteiger partial charge in [0, 0.05) is 12.5 Å². The first-order chi connectivity index (χ1) is 7.90. The van der Waals surface area contributed by atoms with E-state index in [1.54, 1.807) is 18.2 Å². The van der Waals surface area contributed by atoms with Crippen molar-refractivity contribution in [3.63, 3.8) is 0 Å². The third-order valence-electron chi connectivity index (χ3n) is 3.34. The first-order valence-corrected chi connectivity index (χ1v) is 6.06. The van der Waals surface area contributed by atoms with Crippen molar-refractivity contribution in [2.45, 2.75) is 33.3 Å². The Morgan fingerprint density at radius 2 is 1.80 bits per heavy atom. The third-order valence-corrected chi connectivity index (χ3v) is 3.34. The molecule has 1 aromatic rings. The summed E-state index contributed by atoms with van der Waals surface area (Å²) in [5.74, 6) is 0.302. The summed E-state index contributed by atoms with van der Waals surface area (Å²) in [6.07, 6.45) is 0.630. The molecule has 0 aliphatic rings. The number of hydrogen-bond donors (Lipinski definition) is 2. The van der Waals surface area contributed by atoms with Crippen molar-refractivity contribution >= 4 is 27.0 Å². The highest BCUT2D eigenvalue weighted by molar-refractivity contribution is 7.59. The van der Waals surface area contributed by atoms with Crippen molar-refractivity contribution in [2.24, 2.45) is 5.92 Å². The molecule has 0 saturated carbocycles. The molecule has 20 heavy (non-hydrogen) atoms. The number of rotatable bonds is 5. The zero-order valence-corrected chi connectivity index (χ0v) is 14.1. The van der Waals surface area contributed by atoms with Crippen LogP contribution in [0.2, 0.25) is 0 Å². The Morgan fingerprint density at radius 3 is 2.20 bits per heavy atom. The van der Waals surface area contributed by atoms with E-state index in [-0.39, 0.29) is 46.1 Å². The fourth-order valence-electron chi connectivity index (χ4n) is 2.31. The van der Waals surface area contributed by atoms with Gasteiger partial charge in [-0.25, -0.2) is 0 Å². The molecule has 0 unspecified atom stereocenters. The molecular weight excluding hydrogens is 290 g/mol. The molecule has 0 heterocycles. The molecule has 120 valence electrons. The molecule has 3 nitrogen and oxygen atoms in total. The van der Waals surface area contributed by atoms with Crippen LogP contribution in [-0.2, 0) is 5.60 Å². The van der Waals surface area contributed by atoms with Gasteiger partial charge in [0.2, 0.25) is 0 Å². The average molecular weight is 322 g/mol. The molecular formula is C15H31NO2S2. The molecule has 5 heteroatoms. The first kappa shape index (κ1) is 24.6. The zero-order chi connectivity index (χ0) is 13.1. The molecule has 0 bridgehead atoms. The van der Waals surface area contributed by atoms with Gasteiger partial charge in [0.15, 0.2) is 0 Å². The summed E-state index contributed by atoms with van der Waals surface area (Å²) in [4.78, 5) is 2.06. The second-order valence-electron chi connectivity index (χ2n) is 4.99. The normalized spacial score (nSPS) is 14.3. The number of phenolic OH excluding ortho intramolecular Hbond substituents is 1. The van der Waals surface area contributed by atoms with E-state index in [0.29, 0.717) is 6.42 Å². The smallest absolute Gasteiger partial charge is 0.115 e. The molecule has 0 aliphatic heterocycles. The highest BCUT2D eigenvalue weighted by Gasteiger charge is 2.34. The molecule has 0 saturated heterocycles. The van der Waals surface area contributed by atoms with E-state index in [0.717, 1.165) is 12.1 Å². The van der Waals surface area contributed by atoms with Crippen molar-refractivity contribution in [3.8, 4) is 5.75 Å². The van der Waals surface area contributed by atoms with E-state index < -0.39 is 5.60 Å². The SMILES string of the molecule is C.CC[C@](O)(c1cccc(O)c1)[C@H](C)CN(C)C.S.S. The second kappa shape index (κ2) is 10.4. The maximum absolute atomic E-state index is 10.8. The van der Waals surface area contributed by atoms with E-state index in [1.165, 1.54) is 0 Å². The van der Waals surface area contributed by atoms with Crippen LogP contribution in [-0.4, -0.2) is 35.8 Å². The molecule has 0 fully saturated rings. The van der Waals surface area contributed by atoms with Gasteiger partial charge in [-0.1, -0.05) is 33.4 Å². The summed E-state index contributed by atoms with van der Waals surface area (Å²) in [6.45, 7) is 4.81. The van der Waals surface area contributed by atoms with Gasteiger partial charge < -0.3 is 15.1 Å². The molecule has 2 atom stereocenters. The van der Waals surface area contributed by atoms with Gasteiger partial charge in [0.1, 0.15) is 5.75 Å². The van der Waals surface area contributed by atoms with Gasteiger partial charge in [0.05, 0.1) is 5.60 Å². The lowest BCUT2D eigenvalue weighted by Gasteiger charge is -2.35. The highest BCUT2D eigenvalue weighted by Crippen LogP contribution is 2.34. The summed E-state index contributed by atoms with van der Waals surface area (Å²) < 4.78 is 0. The van der Waals surface area contributed by atoms with Crippen LogP contribution in [0.5, 0.6) is 5.75 Å². The molecule has 0 aromatic heterocycles. The second-order valence-corrected chi connectivity index (χ2v) is 4.99. The Bertz CT molecular complexity index is 375. The highest BCUT2D eigenvalue weighted by atomic mass is 32.1. The van der Waals surface area contributed by atoms with Crippen molar-refractivity contribution in [3.05, 3.63) is 29.8 Å². The van der Waals surface area contributed by atoms with Gasteiger partial charge in [-0.3, -0.25) is 0 Å². The lowest BCUT2D eigenvalue weighted by Crippen LogP contribution is -2.38. The van der Waals surface area contributed by atoms with E-state index in [9.17, 15) is 10.2 Å².